The molecule has 1 aliphatic carbocycles. The van der Waals surface area contributed by atoms with Crippen molar-refractivity contribution >= 4 is 23.5 Å². The molecule has 166 valence electrons. The molecule has 0 spiro atoms. The van der Waals surface area contributed by atoms with Gasteiger partial charge < -0.3 is 19.9 Å². The van der Waals surface area contributed by atoms with E-state index in [-0.39, 0.29) is 0 Å². The van der Waals surface area contributed by atoms with Gasteiger partial charge >= 0.3 is 5.97 Å². The molecule has 1 fully saturated rings. The minimum atomic E-state index is -1.23. The molecule has 2 N–H and O–H groups in total. The zero-order valence-corrected chi connectivity index (χ0v) is 18.8. The minimum absolute atomic E-state index is 0.362. The summed E-state index contributed by atoms with van der Waals surface area (Å²) >= 11 is 6.27. The highest BCUT2D eigenvalue weighted by Gasteiger charge is 2.43. The van der Waals surface area contributed by atoms with Gasteiger partial charge in [0, 0.05) is 11.1 Å². The molecule has 3 rings (SSSR count). The maximum atomic E-state index is 13.1. The molecular weight excluding hydrogens is 418 g/mol. The van der Waals surface area contributed by atoms with E-state index in [1.807, 2.05) is 6.07 Å². The Balaban J connectivity index is 1.90. The van der Waals surface area contributed by atoms with Gasteiger partial charge in [0.1, 0.15) is 17.0 Å². The van der Waals surface area contributed by atoms with E-state index in [2.05, 4.69) is 12.2 Å². The van der Waals surface area contributed by atoms with Crippen LogP contribution in [0.1, 0.15) is 49.4 Å². The van der Waals surface area contributed by atoms with Crippen molar-refractivity contribution in [2.75, 3.05) is 14.2 Å². The van der Waals surface area contributed by atoms with Crippen LogP contribution in [0.3, 0.4) is 0 Å². The van der Waals surface area contributed by atoms with Gasteiger partial charge in [-0.25, -0.2) is 4.79 Å². The number of nitrogens with one attached hydrogen (secondary N) is 1. The molecule has 2 aromatic carbocycles. The van der Waals surface area contributed by atoms with Crippen molar-refractivity contribution in [3.8, 4) is 22.6 Å². The predicted octanol–water partition coefficient (Wildman–Crippen LogP) is 5.18. The summed E-state index contributed by atoms with van der Waals surface area (Å²) in [6, 6.07) is 10.3. The Hall–Kier alpha value is -2.73. The molecule has 6 nitrogen and oxygen atoms in total. The van der Waals surface area contributed by atoms with Gasteiger partial charge in [-0.3, -0.25) is 4.79 Å². The largest absolute Gasteiger partial charge is 0.496 e. The van der Waals surface area contributed by atoms with Crippen LogP contribution in [0.25, 0.3) is 11.1 Å². The second kappa shape index (κ2) is 9.60. The third-order valence-corrected chi connectivity index (χ3v) is 6.52. The second-order valence-electron chi connectivity index (χ2n) is 7.96. The maximum Gasteiger partial charge on any atom is 0.329 e. The number of halogens is 1. The molecule has 0 aromatic heterocycles. The summed E-state index contributed by atoms with van der Waals surface area (Å²) in [6.45, 7) is 2.11. The summed E-state index contributed by atoms with van der Waals surface area (Å²) in [5.41, 5.74) is 0.570. The maximum absolute atomic E-state index is 13.1. The van der Waals surface area contributed by atoms with E-state index >= 15 is 0 Å². The van der Waals surface area contributed by atoms with Crippen LogP contribution >= 0.6 is 11.6 Å². The van der Waals surface area contributed by atoms with Crippen molar-refractivity contribution < 1.29 is 24.2 Å². The van der Waals surface area contributed by atoms with Crippen molar-refractivity contribution in [1.82, 2.24) is 5.32 Å². The zero-order chi connectivity index (χ0) is 22.6. The van der Waals surface area contributed by atoms with Crippen molar-refractivity contribution in [3.63, 3.8) is 0 Å². The number of carboxylic acids is 1. The van der Waals surface area contributed by atoms with Crippen LogP contribution in [0.4, 0.5) is 0 Å². The number of carbonyl (C=O) groups excluding carboxylic acids is 1. The fourth-order valence-electron chi connectivity index (χ4n) is 4.17. The topological polar surface area (TPSA) is 84.9 Å². The van der Waals surface area contributed by atoms with E-state index in [0.29, 0.717) is 46.4 Å². The summed E-state index contributed by atoms with van der Waals surface area (Å²) in [5, 5.41) is 13.1. The van der Waals surface area contributed by atoms with E-state index in [0.717, 1.165) is 24.8 Å². The highest BCUT2D eigenvalue weighted by molar-refractivity contribution is 6.32. The predicted molar refractivity (Wildman–Crippen MR) is 120 cm³/mol. The molecule has 0 radical (unpaired) electrons. The van der Waals surface area contributed by atoms with Gasteiger partial charge in [0.25, 0.3) is 5.91 Å². The molecule has 0 saturated heterocycles. The lowest BCUT2D eigenvalue weighted by Gasteiger charge is -2.37. The van der Waals surface area contributed by atoms with Gasteiger partial charge in [-0.2, -0.15) is 0 Å². The molecule has 7 heteroatoms. The number of methoxy groups -OCH3 is 2. The lowest BCUT2D eigenvalue weighted by molar-refractivity contribution is -0.146. The number of rotatable bonds is 7. The molecular formula is C24H28ClNO5. The Labute approximate surface area is 187 Å². The standard InChI is InChI=1S/C24H28ClNO5/c1-4-15-9-11-24(12-10-15,23(28)29)26-22(27)17-6-7-20(30-2)18(13-17)16-5-8-21(31-3)19(25)14-16/h5-8,13-15H,4,9-12H2,1-3H3,(H,26,27)(H,28,29)/t15-,24+. The highest BCUT2D eigenvalue weighted by atomic mass is 35.5. The lowest BCUT2D eigenvalue weighted by atomic mass is 9.75. The Morgan fingerprint density at radius 1 is 1.10 bits per heavy atom. The number of hydrogen-bond acceptors (Lipinski definition) is 4. The molecule has 0 aliphatic heterocycles. The molecule has 1 aliphatic rings. The first kappa shape index (κ1) is 22.9. The molecule has 2 aromatic rings. The Morgan fingerprint density at radius 2 is 1.74 bits per heavy atom. The van der Waals surface area contributed by atoms with E-state index in [1.54, 1.807) is 44.6 Å². The van der Waals surface area contributed by atoms with Gasteiger partial charge in [0.15, 0.2) is 0 Å². The zero-order valence-electron chi connectivity index (χ0n) is 18.0. The van der Waals surface area contributed by atoms with Crippen LogP contribution in [0, 0.1) is 5.92 Å². The number of hydrogen-bond donors (Lipinski definition) is 2. The van der Waals surface area contributed by atoms with E-state index in [4.69, 9.17) is 21.1 Å². The number of carbonyl (C=O) groups is 2. The normalized spacial score (nSPS) is 20.7. The number of carboxylic acid groups (broad SMARTS) is 1. The summed E-state index contributed by atoms with van der Waals surface area (Å²) in [4.78, 5) is 25.1. The minimum Gasteiger partial charge on any atom is -0.496 e. The number of aliphatic carboxylic acids is 1. The molecule has 0 unspecified atom stereocenters. The molecule has 0 atom stereocenters. The number of amides is 1. The first-order valence-corrected chi connectivity index (χ1v) is 10.8. The van der Waals surface area contributed by atoms with Gasteiger partial charge in [0.2, 0.25) is 0 Å². The first-order valence-electron chi connectivity index (χ1n) is 10.4. The summed E-state index contributed by atoms with van der Waals surface area (Å²) < 4.78 is 10.7. The van der Waals surface area contributed by atoms with Crippen molar-refractivity contribution in [1.29, 1.82) is 0 Å². The monoisotopic (exact) mass is 445 g/mol. The number of ether oxygens (including phenoxy) is 2. The summed E-state index contributed by atoms with van der Waals surface area (Å²) in [7, 11) is 3.09. The Bertz CT molecular complexity index is 966. The fraction of sp³-hybridized carbons (Fsp3) is 0.417. The van der Waals surface area contributed by atoms with E-state index in [9.17, 15) is 14.7 Å². The third kappa shape index (κ3) is 4.79. The summed E-state index contributed by atoms with van der Waals surface area (Å²) in [6.07, 6.45) is 3.48. The Morgan fingerprint density at radius 3 is 2.29 bits per heavy atom. The smallest absolute Gasteiger partial charge is 0.329 e. The quantitative estimate of drug-likeness (QED) is 0.613. The van der Waals surface area contributed by atoms with Crippen molar-refractivity contribution in [2.45, 2.75) is 44.6 Å². The highest BCUT2D eigenvalue weighted by Crippen LogP contribution is 2.37. The molecule has 1 saturated carbocycles. The Kier molecular flexibility index (Phi) is 7.11. The van der Waals surface area contributed by atoms with Crippen molar-refractivity contribution in [3.05, 3.63) is 47.0 Å². The fourth-order valence-corrected chi connectivity index (χ4v) is 4.43. The van der Waals surface area contributed by atoms with Crippen molar-refractivity contribution in [2.24, 2.45) is 5.92 Å². The van der Waals surface area contributed by atoms with E-state index < -0.39 is 17.4 Å². The summed E-state index contributed by atoms with van der Waals surface area (Å²) in [5.74, 6) is 0.238. The first-order chi connectivity index (χ1) is 14.8. The molecule has 0 heterocycles. The van der Waals surface area contributed by atoms with Crippen LogP contribution in [-0.2, 0) is 4.79 Å². The van der Waals surface area contributed by atoms with Gasteiger partial charge in [-0.1, -0.05) is 31.0 Å². The second-order valence-corrected chi connectivity index (χ2v) is 8.36. The van der Waals surface area contributed by atoms with Crippen LogP contribution in [0.2, 0.25) is 5.02 Å². The number of benzene rings is 2. The lowest BCUT2D eigenvalue weighted by Crippen LogP contribution is -2.56. The molecule has 0 bridgehead atoms. The van der Waals surface area contributed by atoms with Crippen LogP contribution in [-0.4, -0.2) is 36.7 Å². The van der Waals surface area contributed by atoms with Crippen LogP contribution < -0.4 is 14.8 Å². The molecule has 1 amide bonds. The SMILES string of the molecule is CC[C@H]1CC[C@](NC(=O)c2ccc(OC)c(-c3ccc(OC)c(Cl)c3)c2)(C(=O)O)CC1. The third-order valence-electron chi connectivity index (χ3n) is 6.22. The van der Waals surface area contributed by atoms with Gasteiger partial charge in [-0.15, -0.1) is 0 Å². The van der Waals surface area contributed by atoms with Gasteiger partial charge in [0.05, 0.1) is 19.2 Å². The molecule has 31 heavy (non-hydrogen) atoms. The van der Waals surface area contributed by atoms with E-state index in [1.165, 1.54) is 0 Å². The van der Waals surface area contributed by atoms with Crippen LogP contribution in [0.5, 0.6) is 11.5 Å². The van der Waals surface area contributed by atoms with Crippen LogP contribution in [0.15, 0.2) is 36.4 Å². The average molecular weight is 446 g/mol. The van der Waals surface area contributed by atoms with Gasteiger partial charge in [-0.05, 0) is 67.5 Å². The average Bonchev–Trinajstić information content (AvgIpc) is 2.78.